The average Bonchev–Trinajstić information content (AvgIpc) is 2.89. The molecule has 0 saturated heterocycles. The van der Waals surface area contributed by atoms with E-state index in [1.54, 1.807) is 17.8 Å². The number of nitrogens with zero attached hydrogens (tertiary/aromatic N) is 2. The number of H-pyrrole nitrogens is 1. The Hall–Kier alpha value is -2.27. The molecular weight excluding hydrogens is 278 g/mol. The second-order valence-electron chi connectivity index (χ2n) is 4.65. The van der Waals surface area contributed by atoms with Crippen molar-refractivity contribution in [1.82, 2.24) is 14.8 Å². The van der Waals surface area contributed by atoms with Gasteiger partial charge in [0.15, 0.2) is 0 Å². The first-order chi connectivity index (χ1) is 9.49. The summed E-state index contributed by atoms with van der Waals surface area (Å²) in [6, 6.07) is 5.50. The number of carbonyl (C=O) groups is 1. The lowest BCUT2D eigenvalue weighted by Crippen LogP contribution is -2.01. The maximum Gasteiger partial charge on any atom is 0.339 e. The van der Waals surface area contributed by atoms with Gasteiger partial charge in [0.05, 0.1) is 11.9 Å². The second-order valence-corrected chi connectivity index (χ2v) is 5.09. The molecule has 0 aliphatic rings. The van der Waals surface area contributed by atoms with Crippen LogP contribution in [-0.4, -0.2) is 25.8 Å². The van der Waals surface area contributed by atoms with Crippen LogP contribution in [0.5, 0.6) is 0 Å². The molecule has 0 aliphatic carbocycles. The predicted octanol–water partition coefficient (Wildman–Crippen LogP) is 3.23. The third-order valence-electron chi connectivity index (χ3n) is 3.35. The van der Waals surface area contributed by atoms with Crippen LogP contribution in [0.1, 0.15) is 16.1 Å². The first-order valence-electron chi connectivity index (χ1n) is 6.02. The van der Waals surface area contributed by atoms with Crippen molar-refractivity contribution in [3.8, 4) is 11.3 Å². The second kappa shape index (κ2) is 4.38. The molecule has 3 rings (SSSR count). The summed E-state index contributed by atoms with van der Waals surface area (Å²) in [7, 11) is 1.73. The third kappa shape index (κ3) is 1.78. The highest BCUT2D eigenvalue weighted by Gasteiger charge is 2.21. The van der Waals surface area contributed by atoms with E-state index in [2.05, 4.69) is 10.1 Å². The fourth-order valence-corrected chi connectivity index (χ4v) is 2.67. The molecular formula is C14H12ClN3O2. The Labute approximate surface area is 119 Å². The smallest absolute Gasteiger partial charge is 0.339 e. The van der Waals surface area contributed by atoms with Crippen molar-refractivity contribution in [2.24, 2.45) is 7.05 Å². The fraction of sp³-hybridized carbons (Fsp3) is 0.143. The number of aromatic nitrogens is 3. The van der Waals surface area contributed by atoms with Crippen LogP contribution in [0.2, 0.25) is 5.02 Å². The monoisotopic (exact) mass is 289 g/mol. The Bertz CT molecular complexity index is 832. The van der Waals surface area contributed by atoms with Crippen LogP contribution in [-0.2, 0) is 7.05 Å². The Morgan fingerprint density at radius 1 is 1.45 bits per heavy atom. The van der Waals surface area contributed by atoms with E-state index < -0.39 is 5.97 Å². The summed E-state index contributed by atoms with van der Waals surface area (Å²) in [5.41, 5.74) is 3.37. The van der Waals surface area contributed by atoms with Crippen LogP contribution in [0, 0.1) is 6.92 Å². The van der Waals surface area contributed by atoms with Gasteiger partial charge >= 0.3 is 5.97 Å². The zero-order valence-electron chi connectivity index (χ0n) is 10.9. The van der Waals surface area contributed by atoms with Gasteiger partial charge in [-0.15, -0.1) is 0 Å². The standard InChI is InChI=1S/C14H12ClN3O2/c1-7-12(9-5-8(15)3-4-11(9)17-7)13-10(14(19)20)6-16-18(13)2/h3-6,17H,1-2H3,(H,19,20). The number of carboxylic acids is 1. The zero-order valence-corrected chi connectivity index (χ0v) is 11.7. The van der Waals surface area contributed by atoms with Gasteiger partial charge in [0.2, 0.25) is 0 Å². The number of aromatic carboxylic acids is 1. The number of fused-ring (bicyclic) bond motifs is 1. The summed E-state index contributed by atoms with van der Waals surface area (Å²) in [6.45, 7) is 1.90. The molecule has 2 N–H and O–H groups in total. The minimum atomic E-state index is -0.996. The highest BCUT2D eigenvalue weighted by atomic mass is 35.5. The number of nitrogens with one attached hydrogen (secondary N) is 1. The van der Waals surface area contributed by atoms with Crippen molar-refractivity contribution in [1.29, 1.82) is 0 Å². The number of rotatable bonds is 2. The van der Waals surface area contributed by atoms with Gasteiger partial charge in [-0.25, -0.2) is 4.79 Å². The van der Waals surface area contributed by atoms with Gasteiger partial charge in [0.1, 0.15) is 5.56 Å². The van der Waals surface area contributed by atoms with Crippen molar-refractivity contribution in [3.63, 3.8) is 0 Å². The lowest BCUT2D eigenvalue weighted by Gasteiger charge is -2.05. The summed E-state index contributed by atoms with van der Waals surface area (Å²) in [5, 5.41) is 14.9. The van der Waals surface area contributed by atoms with Gasteiger partial charge in [-0.05, 0) is 25.1 Å². The van der Waals surface area contributed by atoms with Gasteiger partial charge < -0.3 is 10.1 Å². The number of aromatic amines is 1. The molecule has 0 unspecified atom stereocenters. The normalized spacial score (nSPS) is 11.2. The lowest BCUT2D eigenvalue weighted by atomic mass is 10.0. The van der Waals surface area contributed by atoms with E-state index in [0.29, 0.717) is 10.7 Å². The van der Waals surface area contributed by atoms with E-state index in [1.165, 1.54) is 6.20 Å². The molecule has 1 aromatic carbocycles. The molecule has 0 saturated carbocycles. The van der Waals surface area contributed by atoms with E-state index in [4.69, 9.17) is 11.6 Å². The average molecular weight is 290 g/mol. The topological polar surface area (TPSA) is 70.9 Å². The SMILES string of the molecule is Cc1[nH]c2ccc(Cl)cc2c1-c1c(C(=O)O)cnn1C. The summed E-state index contributed by atoms with van der Waals surface area (Å²) in [5.74, 6) is -0.996. The minimum Gasteiger partial charge on any atom is -0.478 e. The largest absolute Gasteiger partial charge is 0.478 e. The van der Waals surface area contributed by atoms with E-state index >= 15 is 0 Å². The Morgan fingerprint density at radius 3 is 2.90 bits per heavy atom. The fourth-order valence-electron chi connectivity index (χ4n) is 2.49. The summed E-state index contributed by atoms with van der Waals surface area (Å²) in [6.07, 6.45) is 1.36. The Balaban J connectivity index is 2.40. The van der Waals surface area contributed by atoms with Gasteiger partial charge in [0, 0.05) is 34.2 Å². The number of aryl methyl sites for hydroxylation is 2. The van der Waals surface area contributed by atoms with Crippen molar-refractivity contribution in [2.75, 3.05) is 0 Å². The van der Waals surface area contributed by atoms with Crippen molar-refractivity contribution >= 4 is 28.5 Å². The number of halogens is 1. The summed E-state index contributed by atoms with van der Waals surface area (Å²) >= 11 is 6.05. The maximum absolute atomic E-state index is 11.4. The third-order valence-corrected chi connectivity index (χ3v) is 3.59. The van der Waals surface area contributed by atoms with Crippen LogP contribution in [0.15, 0.2) is 24.4 Å². The molecule has 0 amide bonds. The van der Waals surface area contributed by atoms with E-state index in [-0.39, 0.29) is 5.56 Å². The summed E-state index contributed by atoms with van der Waals surface area (Å²) in [4.78, 5) is 14.6. The molecule has 0 aliphatic heterocycles. The zero-order chi connectivity index (χ0) is 14.4. The quantitative estimate of drug-likeness (QED) is 0.761. The molecule has 0 spiro atoms. The van der Waals surface area contributed by atoms with Crippen molar-refractivity contribution < 1.29 is 9.90 Å². The molecule has 2 aromatic heterocycles. The molecule has 0 bridgehead atoms. The van der Waals surface area contributed by atoms with Gasteiger partial charge in [-0.3, -0.25) is 4.68 Å². The van der Waals surface area contributed by atoms with E-state index in [9.17, 15) is 9.90 Å². The first kappa shape index (κ1) is 12.7. The molecule has 20 heavy (non-hydrogen) atoms. The number of hydrogen-bond donors (Lipinski definition) is 2. The van der Waals surface area contributed by atoms with Crippen molar-refractivity contribution in [3.05, 3.63) is 40.7 Å². The highest BCUT2D eigenvalue weighted by Crippen LogP contribution is 2.35. The van der Waals surface area contributed by atoms with Crippen LogP contribution >= 0.6 is 11.6 Å². The van der Waals surface area contributed by atoms with E-state index in [1.807, 2.05) is 19.1 Å². The molecule has 0 atom stereocenters. The van der Waals surface area contributed by atoms with Crippen LogP contribution in [0.25, 0.3) is 22.2 Å². The van der Waals surface area contributed by atoms with E-state index in [0.717, 1.165) is 22.2 Å². The van der Waals surface area contributed by atoms with Crippen LogP contribution in [0.3, 0.4) is 0 Å². The molecule has 5 nitrogen and oxygen atoms in total. The van der Waals surface area contributed by atoms with Crippen LogP contribution in [0.4, 0.5) is 0 Å². The first-order valence-corrected chi connectivity index (χ1v) is 6.40. The van der Waals surface area contributed by atoms with Crippen molar-refractivity contribution in [2.45, 2.75) is 6.92 Å². The molecule has 0 radical (unpaired) electrons. The molecule has 102 valence electrons. The van der Waals surface area contributed by atoms with Crippen LogP contribution < -0.4 is 0 Å². The highest BCUT2D eigenvalue weighted by molar-refractivity contribution is 6.31. The predicted molar refractivity (Wildman–Crippen MR) is 77.2 cm³/mol. The van der Waals surface area contributed by atoms with Gasteiger partial charge in [0.25, 0.3) is 0 Å². The van der Waals surface area contributed by atoms with Gasteiger partial charge in [-0.2, -0.15) is 5.10 Å². The molecule has 3 aromatic rings. The molecule has 2 heterocycles. The van der Waals surface area contributed by atoms with Gasteiger partial charge in [-0.1, -0.05) is 11.6 Å². The number of benzene rings is 1. The number of hydrogen-bond acceptors (Lipinski definition) is 2. The Kier molecular flexibility index (Phi) is 2.79. The number of carboxylic acid groups (broad SMARTS) is 1. The minimum absolute atomic E-state index is 0.177. The lowest BCUT2D eigenvalue weighted by molar-refractivity contribution is 0.0697. The molecule has 6 heteroatoms. The summed E-state index contributed by atoms with van der Waals surface area (Å²) < 4.78 is 1.57. The maximum atomic E-state index is 11.4. The Morgan fingerprint density at radius 2 is 2.20 bits per heavy atom. The molecule has 0 fully saturated rings.